The zero-order valence-electron chi connectivity index (χ0n) is 24.5. The molecule has 0 bridgehead atoms. The van der Waals surface area contributed by atoms with Gasteiger partial charge in [0.1, 0.15) is 29.4 Å². The Balaban J connectivity index is 1.24. The molecular weight excluding hydrogens is 544 g/mol. The third kappa shape index (κ3) is 8.29. The maximum absolute atomic E-state index is 12.8. The minimum Gasteiger partial charge on any atom is -0.497 e. The lowest BCUT2D eigenvalue weighted by Crippen LogP contribution is -2.29. The molecule has 0 N–H and O–H groups in total. The average Bonchev–Trinajstić information content (AvgIpc) is 3.49. The van der Waals surface area contributed by atoms with Crippen molar-refractivity contribution in [2.75, 3.05) is 25.2 Å². The first kappa shape index (κ1) is 29.5. The number of para-hydroxylation sites is 2. The van der Waals surface area contributed by atoms with Crippen LogP contribution in [0.4, 0.5) is 6.01 Å². The molecular formula is C35H36N2O6. The van der Waals surface area contributed by atoms with E-state index in [4.69, 9.17) is 28.3 Å². The van der Waals surface area contributed by atoms with Gasteiger partial charge in [0.2, 0.25) is 0 Å². The van der Waals surface area contributed by atoms with Gasteiger partial charge in [0.05, 0.1) is 13.7 Å². The lowest BCUT2D eigenvalue weighted by atomic mass is 10.2. The molecule has 0 aliphatic rings. The second-order valence-electron chi connectivity index (χ2n) is 10.0. The minimum absolute atomic E-state index is 0.210. The highest BCUT2D eigenvalue weighted by molar-refractivity contribution is 5.75. The van der Waals surface area contributed by atoms with Gasteiger partial charge in [-0.15, -0.1) is 0 Å². The normalized spacial score (nSPS) is 11.6. The Hall–Kier alpha value is -4.98. The van der Waals surface area contributed by atoms with E-state index in [-0.39, 0.29) is 12.6 Å². The summed E-state index contributed by atoms with van der Waals surface area (Å²) in [6, 6.07) is 33.1. The van der Waals surface area contributed by atoms with E-state index in [0.29, 0.717) is 37.9 Å². The highest BCUT2D eigenvalue weighted by atomic mass is 16.6. The van der Waals surface area contributed by atoms with Crippen molar-refractivity contribution in [3.05, 3.63) is 114 Å². The summed E-state index contributed by atoms with van der Waals surface area (Å²) in [4.78, 5) is 19.6. The molecule has 0 saturated carbocycles. The van der Waals surface area contributed by atoms with Crippen molar-refractivity contribution in [2.24, 2.45) is 0 Å². The van der Waals surface area contributed by atoms with E-state index in [9.17, 15) is 4.79 Å². The number of oxazole rings is 1. The van der Waals surface area contributed by atoms with Crippen LogP contribution in [0.3, 0.4) is 0 Å². The molecule has 1 aromatic heterocycles. The van der Waals surface area contributed by atoms with Crippen LogP contribution in [0.25, 0.3) is 11.1 Å². The number of hydrogen-bond donors (Lipinski definition) is 0. The van der Waals surface area contributed by atoms with E-state index < -0.39 is 6.10 Å². The minimum atomic E-state index is -0.706. The first-order valence-corrected chi connectivity index (χ1v) is 14.4. The molecule has 1 atom stereocenters. The van der Waals surface area contributed by atoms with Crippen molar-refractivity contribution in [2.45, 2.75) is 39.0 Å². The number of methoxy groups -OCH3 is 1. The SMILES string of the molecule is CC[C@@H](Oc1cccc(CN(CCCOc2ccc(OC)cc2)c2nc3ccccc3o2)c1)C(=O)OCc1ccccc1. The number of hydrogen-bond acceptors (Lipinski definition) is 8. The Morgan fingerprint density at radius 3 is 2.37 bits per heavy atom. The zero-order chi connectivity index (χ0) is 29.9. The molecule has 43 heavy (non-hydrogen) atoms. The molecule has 8 heteroatoms. The second-order valence-corrected chi connectivity index (χ2v) is 10.0. The second kappa shape index (κ2) is 14.8. The Kier molecular flexibility index (Phi) is 10.1. The molecule has 0 amide bonds. The Morgan fingerprint density at radius 2 is 1.60 bits per heavy atom. The van der Waals surface area contributed by atoms with E-state index in [2.05, 4.69) is 4.90 Å². The molecule has 5 aromatic rings. The van der Waals surface area contributed by atoms with Crippen LogP contribution in [0, 0.1) is 0 Å². The van der Waals surface area contributed by atoms with Crippen molar-refractivity contribution in [1.82, 2.24) is 4.98 Å². The summed E-state index contributed by atoms with van der Waals surface area (Å²) < 4.78 is 28.9. The topological polar surface area (TPSA) is 83.3 Å². The van der Waals surface area contributed by atoms with E-state index in [1.807, 2.05) is 110 Å². The number of anilines is 1. The average molecular weight is 581 g/mol. The lowest BCUT2D eigenvalue weighted by Gasteiger charge is -2.22. The maximum Gasteiger partial charge on any atom is 0.347 e. The summed E-state index contributed by atoms with van der Waals surface area (Å²) in [7, 11) is 1.64. The quantitative estimate of drug-likeness (QED) is 0.0949. The largest absolute Gasteiger partial charge is 0.497 e. The fourth-order valence-corrected chi connectivity index (χ4v) is 4.58. The Labute approximate surface area is 251 Å². The van der Waals surface area contributed by atoms with E-state index in [0.717, 1.165) is 40.1 Å². The summed E-state index contributed by atoms with van der Waals surface area (Å²) in [5.41, 5.74) is 3.45. The smallest absolute Gasteiger partial charge is 0.347 e. The molecule has 0 saturated heterocycles. The molecule has 8 nitrogen and oxygen atoms in total. The number of benzene rings is 4. The van der Waals surface area contributed by atoms with Gasteiger partial charge in [-0.3, -0.25) is 0 Å². The molecule has 0 unspecified atom stereocenters. The van der Waals surface area contributed by atoms with Crippen LogP contribution in [-0.2, 0) is 22.7 Å². The molecule has 0 radical (unpaired) electrons. The van der Waals surface area contributed by atoms with Crippen LogP contribution in [0.2, 0.25) is 0 Å². The fraction of sp³-hybridized carbons (Fsp3) is 0.257. The molecule has 0 aliphatic carbocycles. The van der Waals surface area contributed by atoms with Crippen molar-refractivity contribution in [3.63, 3.8) is 0 Å². The van der Waals surface area contributed by atoms with Crippen molar-refractivity contribution in [1.29, 1.82) is 0 Å². The highest BCUT2D eigenvalue weighted by Crippen LogP contribution is 2.25. The number of rotatable bonds is 15. The first-order valence-electron chi connectivity index (χ1n) is 14.4. The van der Waals surface area contributed by atoms with Gasteiger partial charge in [0, 0.05) is 13.1 Å². The predicted octanol–water partition coefficient (Wildman–Crippen LogP) is 7.21. The van der Waals surface area contributed by atoms with Gasteiger partial charge in [0.25, 0.3) is 6.01 Å². The molecule has 0 fully saturated rings. The first-order chi connectivity index (χ1) is 21.1. The molecule has 4 aromatic carbocycles. The predicted molar refractivity (Wildman–Crippen MR) is 166 cm³/mol. The van der Waals surface area contributed by atoms with Crippen LogP contribution in [0.1, 0.15) is 30.9 Å². The molecule has 0 aliphatic heterocycles. The number of nitrogens with zero attached hydrogens (tertiary/aromatic N) is 2. The number of aromatic nitrogens is 1. The van der Waals surface area contributed by atoms with Gasteiger partial charge in [0.15, 0.2) is 11.7 Å². The Morgan fingerprint density at radius 1 is 0.860 bits per heavy atom. The van der Waals surface area contributed by atoms with Crippen molar-refractivity contribution >= 4 is 23.1 Å². The monoisotopic (exact) mass is 580 g/mol. The van der Waals surface area contributed by atoms with Crippen molar-refractivity contribution < 1.29 is 28.2 Å². The number of fused-ring (bicyclic) bond motifs is 1. The van der Waals surface area contributed by atoms with Crippen LogP contribution in [-0.4, -0.2) is 37.3 Å². The zero-order valence-corrected chi connectivity index (χ0v) is 24.5. The van der Waals surface area contributed by atoms with E-state index in [1.165, 1.54) is 0 Å². The Bertz CT molecular complexity index is 1550. The van der Waals surface area contributed by atoms with Gasteiger partial charge < -0.3 is 28.3 Å². The molecule has 5 rings (SSSR count). The summed E-state index contributed by atoms with van der Waals surface area (Å²) >= 11 is 0. The fourth-order valence-electron chi connectivity index (χ4n) is 4.58. The molecule has 222 valence electrons. The summed E-state index contributed by atoms with van der Waals surface area (Å²) in [6.07, 6.45) is 0.523. The van der Waals surface area contributed by atoms with Gasteiger partial charge >= 0.3 is 5.97 Å². The van der Waals surface area contributed by atoms with Crippen LogP contribution < -0.4 is 19.1 Å². The summed E-state index contributed by atoms with van der Waals surface area (Å²) in [5.74, 6) is 1.78. The van der Waals surface area contributed by atoms with Crippen molar-refractivity contribution in [3.8, 4) is 17.2 Å². The van der Waals surface area contributed by atoms with Gasteiger partial charge in [-0.25, -0.2) is 4.79 Å². The molecule has 1 heterocycles. The summed E-state index contributed by atoms with van der Waals surface area (Å²) in [5, 5.41) is 0. The van der Waals surface area contributed by atoms with E-state index in [1.54, 1.807) is 7.11 Å². The lowest BCUT2D eigenvalue weighted by molar-refractivity contribution is -0.153. The van der Waals surface area contributed by atoms with Gasteiger partial charge in [-0.05, 0) is 72.5 Å². The number of esters is 1. The standard InChI is InChI=1S/C35H36N2O6/c1-3-32(34(38)41-25-26-11-5-4-6-12-26)42-30-14-9-13-27(23-30)24-37(35-36-31-15-7-8-16-33(31)43-35)21-10-22-40-29-19-17-28(39-2)18-20-29/h4-9,11-20,23,32H,3,10,21-22,24-25H2,1-2H3/t32-/m1/s1. The summed E-state index contributed by atoms with van der Waals surface area (Å²) in [6.45, 7) is 3.82. The highest BCUT2D eigenvalue weighted by Gasteiger charge is 2.21. The van der Waals surface area contributed by atoms with Gasteiger partial charge in [-0.1, -0.05) is 61.5 Å². The number of carbonyl (C=O) groups is 1. The van der Waals surface area contributed by atoms with Gasteiger partial charge in [-0.2, -0.15) is 4.98 Å². The third-order valence-electron chi connectivity index (χ3n) is 6.86. The van der Waals surface area contributed by atoms with E-state index >= 15 is 0 Å². The maximum atomic E-state index is 12.8. The number of carbonyl (C=O) groups excluding carboxylic acids is 1. The number of ether oxygens (including phenoxy) is 4. The van der Waals surface area contributed by atoms with Crippen LogP contribution in [0.5, 0.6) is 17.2 Å². The van der Waals surface area contributed by atoms with Crippen LogP contribution >= 0.6 is 0 Å². The van der Waals surface area contributed by atoms with Crippen LogP contribution in [0.15, 0.2) is 108 Å². The molecule has 0 spiro atoms. The third-order valence-corrected chi connectivity index (χ3v) is 6.86.